The monoisotopic (exact) mass is 398 g/mol. The van der Waals surface area contributed by atoms with Crippen molar-refractivity contribution in [2.75, 3.05) is 37.6 Å². The second kappa shape index (κ2) is 9.71. The molecule has 1 fully saturated rings. The molecule has 0 bridgehead atoms. The average Bonchev–Trinajstić information content (AvgIpc) is 2.73. The number of piperazine rings is 1. The van der Waals surface area contributed by atoms with E-state index in [9.17, 15) is 4.79 Å². The van der Waals surface area contributed by atoms with Crippen LogP contribution >= 0.6 is 11.6 Å². The van der Waals surface area contributed by atoms with E-state index >= 15 is 0 Å². The van der Waals surface area contributed by atoms with Crippen LogP contribution in [0, 0.1) is 0 Å². The van der Waals surface area contributed by atoms with Gasteiger partial charge in [-0.05, 0) is 48.4 Å². The lowest BCUT2D eigenvalue weighted by Crippen LogP contribution is -2.46. The number of carbonyl (C=O) groups is 1. The third kappa shape index (κ3) is 5.33. The number of hydrogen-bond acceptors (Lipinski definition) is 4. The van der Waals surface area contributed by atoms with Gasteiger partial charge in [-0.3, -0.25) is 4.79 Å². The molecule has 0 saturated carbocycles. The Kier molecular flexibility index (Phi) is 7.06. The number of anilines is 1. The molecule has 1 saturated heterocycles. The third-order valence-corrected chi connectivity index (χ3v) is 5.40. The Balaban J connectivity index is 1.58. The first kappa shape index (κ1) is 20.4. The highest BCUT2D eigenvalue weighted by molar-refractivity contribution is 6.32. The van der Waals surface area contributed by atoms with E-state index in [1.54, 1.807) is 6.08 Å². The number of nitrogens with one attached hydrogen (secondary N) is 1. The number of amides is 1. The minimum Gasteiger partial charge on any atom is -0.354 e. The molecule has 1 aromatic heterocycles. The van der Waals surface area contributed by atoms with Crippen LogP contribution in [0.3, 0.4) is 0 Å². The molecular weight excluding hydrogens is 372 g/mol. The maximum atomic E-state index is 12.3. The Morgan fingerprint density at radius 3 is 2.68 bits per heavy atom. The van der Waals surface area contributed by atoms with E-state index in [0.29, 0.717) is 11.6 Å². The number of pyridine rings is 1. The zero-order chi connectivity index (χ0) is 19.9. The van der Waals surface area contributed by atoms with E-state index in [4.69, 9.17) is 11.6 Å². The van der Waals surface area contributed by atoms with Crippen molar-refractivity contribution in [3.8, 4) is 0 Å². The summed E-state index contributed by atoms with van der Waals surface area (Å²) in [6.07, 6.45) is 3.40. The lowest BCUT2D eigenvalue weighted by molar-refractivity contribution is -0.116. The van der Waals surface area contributed by atoms with Gasteiger partial charge in [0.2, 0.25) is 5.91 Å². The van der Waals surface area contributed by atoms with E-state index in [1.807, 2.05) is 43.5 Å². The van der Waals surface area contributed by atoms with E-state index in [-0.39, 0.29) is 5.91 Å². The van der Waals surface area contributed by atoms with Crippen molar-refractivity contribution in [2.45, 2.75) is 20.4 Å². The largest absolute Gasteiger partial charge is 0.354 e. The van der Waals surface area contributed by atoms with Crippen LogP contribution in [0.25, 0.3) is 5.57 Å². The molecule has 5 nitrogen and oxygen atoms in total. The Bertz CT molecular complexity index is 844. The van der Waals surface area contributed by atoms with E-state index in [0.717, 1.165) is 55.2 Å². The fourth-order valence-electron chi connectivity index (χ4n) is 3.33. The number of aromatic nitrogens is 1. The van der Waals surface area contributed by atoms with Crippen LogP contribution < -0.4 is 10.2 Å². The fraction of sp³-hybridized carbons (Fsp3) is 0.364. The zero-order valence-electron chi connectivity index (χ0n) is 16.5. The fourth-order valence-corrected chi connectivity index (χ4v) is 3.62. The Morgan fingerprint density at radius 2 is 1.96 bits per heavy atom. The summed E-state index contributed by atoms with van der Waals surface area (Å²) in [7, 11) is 0. The lowest BCUT2D eigenvalue weighted by atomic mass is 10.1. The predicted octanol–water partition coefficient (Wildman–Crippen LogP) is 3.60. The molecule has 3 rings (SSSR count). The summed E-state index contributed by atoms with van der Waals surface area (Å²) >= 11 is 6.20. The number of hydrogen-bond donors (Lipinski definition) is 1. The van der Waals surface area contributed by atoms with Gasteiger partial charge in [0.1, 0.15) is 5.82 Å². The second-order valence-electron chi connectivity index (χ2n) is 6.97. The maximum Gasteiger partial charge on any atom is 0.244 e. The molecule has 0 atom stereocenters. The summed E-state index contributed by atoms with van der Waals surface area (Å²) in [6.45, 7) is 9.73. The SMILES string of the molecule is CCN1CCN(c2cc(CNC(=O)/C=C(/C)c3ccccc3Cl)ccn2)CC1. The van der Waals surface area contributed by atoms with Gasteiger partial charge in [-0.1, -0.05) is 36.7 Å². The molecule has 148 valence electrons. The van der Waals surface area contributed by atoms with Crippen LogP contribution in [0.4, 0.5) is 5.82 Å². The molecule has 2 heterocycles. The summed E-state index contributed by atoms with van der Waals surface area (Å²) in [5.41, 5.74) is 2.75. The van der Waals surface area contributed by atoms with Crippen LogP contribution in [0.1, 0.15) is 25.0 Å². The van der Waals surface area contributed by atoms with Crippen LogP contribution in [-0.4, -0.2) is 48.5 Å². The highest BCUT2D eigenvalue weighted by atomic mass is 35.5. The highest BCUT2D eigenvalue weighted by Crippen LogP contribution is 2.22. The van der Waals surface area contributed by atoms with Crippen molar-refractivity contribution >= 4 is 28.9 Å². The molecule has 6 heteroatoms. The third-order valence-electron chi connectivity index (χ3n) is 5.07. The van der Waals surface area contributed by atoms with Crippen LogP contribution in [0.15, 0.2) is 48.7 Å². The molecule has 2 aromatic rings. The summed E-state index contributed by atoms with van der Waals surface area (Å²) in [6, 6.07) is 11.5. The van der Waals surface area contributed by atoms with Crippen LogP contribution in [-0.2, 0) is 11.3 Å². The highest BCUT2D eigenvalue weighted by Gasteiger charge is 2.16. The topological polar surface area (TPSA) is 48.5 Å². The van der Waals surface area contributed by atoms with Gasteiger partial charge in [-0.25, -0.2) is 4.98 Å². The minimum atomic E-state index is -0.132. The van der Waals surface area contributed by atoms with Gasteiger partial charge in [0, 0.05) is 50.0 Å². The number of nitrogens with zero attached hydrogens (tertiary/aromatic N) is 3. The molecular formula is C22H27ClN4O. The van der Waals surface area contributed by atoms with Gasteiger partial charge in [0.15, 0.2) is 0 Å². The number of rotatable bonds is 6. The van der Waals surface area contributed by atoms with Gasteiger partial charge in [-0.2, -0.15) is 0 Å². The standard InChI is InChI=1S/C22H27ClN4O/c1-3-26-10-12-27(13-11-26)21-15-18(8-9-24-21)16-25-22(28)14-17(2)19-6-4-5-7-20(19)23/h4-9,14-15H,3,10-13,16H2,1-2H3,(H,25,28)/b17-14-. The van der Waals surface area contributed by atoms with Crippen LogP contribution in [0.5, 0.6) is 0 Å². The van der Waals surface area contributed by atoms with Crippen molar-refractivity contribution in [1.82, 2.24) is 15.2 Å². The molecule has 1 amide bonds. The van der Waals surface area contributed by atoms with Crippen molar-refractivity contribution in [3.63, 3.8) is 0 Å². The molecule has 1 aliphatic rings. The van der Waals surface area contributed by atoms with E-state index in [1.165, 1.54) is 0 Å². The van der Waals surface area contributed by atoms with Gasteiger partial charge in [0.05, 0.1) is 0 Å². The van der Waals surface area contributed by atoms with Crippen LogP contribution in [0.2, 0.25) is 5.02 Å². The van der Waals surface area contributed by atoms with Gasteiger partial charge in [-0.15, -0.1) is 0 Å². The average molecular weight is 399 g/mol. The molecule has 0 radical (unpaired) electrons. The van der Waals surface area contributed by atoms with Gasteiger partial charge in [0.25, 0.3) is 0 Å². The van der Waals surface area contributed by atoms with Crippen molar-refractivity contribution < 1.29 is 4.79 Å². The number of halogens is 1. The molecule has 1 aliphatic heterocycles. The summed E-state index contributed by atoms with van der Waals surface area (Å²) in [5, 5.41) is 3.60. The zero-order valence-corrected chi connectivity index (χ0v) is 17.2. The summed E-state index contributed by atoms with van der Waals surface area (Å²) in [4.78, 5) is 21.6. The molecule has 0 unspecified atom stereocenters. The van der Waals surface area contributed by atoms with Gasteiger partial charge >= 0.3 is 0 Å². The lowest BCUT2D eigenvalue weighted by Gasteiger charge is -2.34. The first-order valence-corrected chi connectivity index (χ1v) is 10.1. The van der Waals surface area contributed by atoms with Crippen molar-refractivity contribution in [2.24, 2.45) is 0 Å². The first-order valence-electron chi connectivity index (χ1n) is 9.70. The number of carbonyl (C=O) groups excluding carboxylic acids is 1. The molecule has 0 aliphatic carbocycles. The Labute approximate surface area is 172 Å². The van der Waals surface area contributed by atoms with Crippen molar-refractivity contribution in [3.05, 3.63) is 64.8 Å². The predicted molar refractivity (Wildman–Crippen MR) is 116 cm³/mol. The number of likely N-dealkylation sites (N-methyl/N-ethyl adjacent to an activating group) is 1. The maximum absolute atomic E-state index is 12.3. The normalized spacial score (nSPS) is 15.5. The Hall–Kier alpha value is -2.37. The first-order chi connectivity index (χ1) is 13.6. The quantitative estimate of drug-likeness (QED) is 0.755. The van der Waals surface area contributed by atoms with Gasteiger partial charge < -0.3 is 15.1 Å². The number of allylic oxidation sites excluding steroid dienone is 1. The smallest absolute Gasteiger partial charge is 0.244 e. The Morgan fingerprint density at radius 1 is 1.21 bits per heavy atom. The molecule has 28 heavy (non-hydrogen) atoms. The molecule has 1 aromatic carbocycles. The molecule has 1 N–H and O–H groups in total. The molecule has 0 spiro atoms. The summed E-state index contributed by atoms with van der Waals surface area (Å²) in [5.74, 6) is 0.845. The van der Waals surface area contributed by atoms with Crippen molar-refractivity contribution in [1.29, 1.82) is 0 Å². The van der Waals surface area contributed by atoms with E-state index in [2.05, 4.69) is 33.1 Å². The summed E-state index contributed by atoms with van der Waals surface area (Å²) < 4.78 is 0. The minimum absolute atomic E-state index is 0.132. The second-order valence-corrected chi connectivity index (χ2v) is 7.38. The van der Waals surface area contributed by atoms with E-state index < -0.39 is 0 Å². The number of benzene rings is 1.